The highest BCUT2D eigenvalue weighted by atomic mass is 16.5. The highest BCUT2D eigenvalue weighted by Gasteiger charge is 2.19. The van der Waals surface area contributed by atoms with E-state index in [0.29, 0.717) is 13.2 Å². The zero-order chi connectivity index (χ0) is 20.5. The SMILES string of the molecule is C=CC(=O)OCCCCCOc1ccc2c(c1)Cc1cc(CCCCC)ccc1-2. The summed E-state index contributed by atoms with van der Waals surface area (Å²) in [7, 11) is 0. The smallest absolute Gasteiger partial charge is 0.330 e. The molecule has 1 aliphatic carbocycles. The van der Waals surface area contributed by atoms with Crippen LogP contribution in [0.3, 0.4) is 0 Å². The van der Waals surface area contributed by atoms with E-state index in [1.165, 1.54) is 59.6 Å². The van der Waals surface area contributed by atoms with Gasteiger partial charge in [-0.05, 0) is 78.5 Å². The van der Waals surface area contributed by atoms with Crippen molar-refractivity contribution in [1.29, 1.82) is 0 Å². The molecule has 0 N–H and O–H groups in total. The summed E-state index contributed by atoms with van der Waals surface area (Å²) in [6.45, 7) is 6.77. The minimum atomic E-state index is -0.353. The van der Waals surface area contributed by atoms with Crippen molar-refractivity contribution in [3.63, 3.8) is 0 Å². The van der Waals surface area contributed by atoms with Crippen LogP contribution in [0.25, 0.3) is 11.1 Å². The van der Waals surface area contributed by atoms with Gasteiger partial charge in [0.1, 0.15) is 5.75 Å². The molecule has 0 fully saturated rings. The molecule has 0 saturated carbocycles. The lowest BCUT2D eigenvalue weighted by atomic mass is 10.0. The van der Waals surface area contributed by atoms with Crippen molar-refractivity contribution in [2.24, 2.45) is 0 Å². The van der Waals surface area contributed by atoms with Gasteiger partial charge < -0.3 is 9.47 Å². The van der Waals surface area contributed by atoms with E-state index in [9.17, 15) is 4.79 Å². The van der Waals surface area contributed by atoms with Crippen molar-refractivity contribution in [2.45, 2.75) is 58.3 Å². The number of rotatable bonds is 12. The summed E-state index contributed by atoms with van der Waals surface area (Å²) >= 11 is 0. The van der Waals surface area contributed by atoms with Gasteiger partial charge >= 0.3 is 5.97 Å². The van der Waals surface area contributed by atoms with Gasteiger partial charge in [0.25, 0.3) is 0 Å². The number of carbonyl (C=O) groups excluding carboxylic acids is 1. The van der Waals surface area contributed by atoms with Gasteiger partial charge in [-0.25, -0.2) is 4.79 Å². The summed E-state index contributed by atoms with van der Waals surface area (Å²) in [5.74, 6) is 0.589. The summed E-state index contributed by atoms with van der Waals surface area (Å²) in [6.07, 6.45) is 9.99. The Kier molecular flexibility index (Phi) is 7.92. The Morgan fingerprint density at radius 3 is 2.52 bits per heavy atom. The van der Waals surface area contributed by atoms with Gasteiger partial charge in [-0.1, -0.05) is 50.6 Å². The first-order chi connectivity index (χ1) is 14.2. The predicted molar refractivity (Wildman–Crippen MR) is 118 cm³/mol. The normalized spacial score (nSPS) is 11.6. The van der Waals surface area contributed by atoms with Crippen LogP contribution in [-0.2, 0) is 22.4 Å². The summed E-state index contributed by atoms with van der Waals surface area (Å²) in [4.78, 5) is 11.0. The molecule has 29 heavy (non-hydrogen) atoms. The first kappa shape index (κ1) is 21.2. The molecule has 0 bridgehead atoms. The van der Waals surface area contributed by atoms with Crippen LogP contribution in [0.5, 0.6) is 5.75 Å². The second-order valence-corrected chi connectivity index (χ2v) is 7.73. The Morgan fingerprint density at radius 1 is 0.966 bits per heavy atom. The van der Waals surface area contributed by atoms with Crippen molar-refractivity contribution in [1.82, 2.24) is 0 Å². The van der Waals surface area contributed by atoms with Crippen LogP contribution < -0.4 is 4.74 Å². The van der Waals surface area contributed by atoms with E-state index < -0.39 is 0 Å². The van der Waals surface area contributed by atoms with E-state index in [1.54, 1.807) is 0 Å². The molecule has 0 saturated heterocycles. The van der Waals surface area contributed by atoms with Crippen LogP contribution in [0.2, 0.25) is 0 Å². The van der Waals surface area contributed by atoms with E-state index in [4.69, 9.17) is 9.47 Å². The molecule has 0 spiro atoms. The van der Waals surface area contributed by atoms with Crippen LogP contribution >= 0.6 is 0 Å². The van der Waals surface area contributed by atoms with E-state index >= 15 is 0 Å². The molecular weight excluding hydrogens is 360 g/mol. The van der Waals surface area contributed by atoms with Crippen molar-refractivity contribution in [3.8, 4) is 16.9 Å². The maximum absolute atomic E-state index is 11.0. The second kappa shape index (κ2) is 10.8. The molecule has 0 aliphatic heterocycles. The molecule has 2 aromatic rings. The third-order valence-electron chi connectivity index (χ3n) is 5.45. The van der Waals surface area contributed by atoms with E-state index in [0.717, 1.165) is 31.4 Å². The molecule has 3 heteroatoms. The average molecular weight is 393 g/mol. The Hall–Kier alpha value is -2.55. The zero-order valence-corrected chi connectivity index (χ0v) is 17.5. The summed E-state index contributed by atoms with van der Waals surface area (Å²) in [5, 5.41) is 0. The van der Waals surface area contributed by atoms with Crippen molar-refractivity contribution >= 4 is 5.97 Å². The molecule has 0 radical (unpaired) electrons. The average Bonchev–Trinajstić information content (AvgIpc) is 3.10. The molecule has 0 heterocycles. The summed E-state index contributed by atoms with van der Waals surface area (Å²) in [6, 6.07) is 13.4. The highest BCUT2D eigenvalue weighted by molar-refractivity contribution is 5.81. The molecule has 1 aliphatic rings. The Labute approximate surface area is 174 Å². The molecule has 0 atom stereocenters. The fourth-order valence-electron chi connectivity index (χ4n) is 3.87. The predicted octanol–water partition coefficient (Wildman–Crippen LogP) is 6.27. The first-order valence-electron chi connectivity index (χ1n) is 10.9. The van der Waals surface area contributed by atoms with Gasteiger partial charge in [0.2, 0.25) is 0 Å². The lowest BCUT2D eigenvalue weighted by molar-refractivity contribution is -0.137. The van der Waals surface area contributed by atoms with Gasteiger partial charge in [-0.2, -0.15) is 0 Å². The molecule has 0 aromatic heterocycles. The number of hydrogen-bond acceptors (Lipinski definition) is 3. The maximum atomic E-state index is 11.0. The van der Waals surface area contributed by atoms with E-state index in [2.05, 4.69) is 49.9 Å². The topological polar surface area (TPSA) is 35.5 Å². The van der Waals surface area contributed by atoms with E-state index in [-0.39, 0.29) is 5.97 Å². The number of carbonyl (C=O) groups is 1. The van der Waals surface area contributed by atoms with Crippen LogP contribution in [-0.4, -0.2) is 19.2 Å². The standard InChI is InChI=1S/C26H32O3/c1-3-5-7-10-20-11-13-24-21(17-20)18-22-19-23(12-14-25(22)24)28-15-8-6-9-16-29-26(27)4-2/h4,11-14,17,19H,2-3,5-10,15-16,18H2,1H3. The second-order valence-electron chi connectivity index (χ2n) is 7.73. The lowest BCUT2D eigenvalue weighted by Gasteiger charge is -2.08. The Morgan fingerprint density at radius 2 is 1.72 bits per heavy atom. The maximum Gasteiger partial charge on any atom is 0.330 e. The molecule has 154 valence electrons. The van der Waals surface area contributed by atoms with Crippen LogP contribution in [0.4, 0.5) is 0 Å². The molecule has 0 unspecified atom stereocenters. The molecule has 2 aromatic carbocycles. The minimum Gasteiger partial charge on any atom is -0.494 e. The number of benzene rings is 2. The van der Waals surface area contributed by atoms with Crippen LogP contribution in [0.1, 0.15) is 62.1 Å². The Balaban J connectivity index is 1.46. The zero-order valence-electron chi connectivity index (χ0n) is 17.5. The molecule has 0 amide bonds. The van der Waals surface area contributed by atoms with Gasteiger partial charge in [-0.15, -0.1) is 0 Å². The lowest BCUT2D eigenvalue weighted by Crippen LogP contribution is -2.03. The molecular formula is C26H32O3. The fourth-order valence-corrected chi connectivity index (χ4v) is 3.87. The monoisotopic (exact) mass is 392 g/mol. The fraction of sp³-hybridized carbons (Fsp3) is 0.423. The van der Waals surface area contributed by atoms with Gasteiger partial charge in [0, 0.05) is 6.08 Å². The van der Waals surface area contributed by atoms with Gasteiger partial charge in [0.15, 0.2) is 0 Å². The third-order valence-corrected chi connectivity index (χ3v) is 5.45. The number of esters is 1. The molecule has 3 nitrogen and oxygen atoms in total. The van der Waals surface area contributed by atoms with Crippen molar-refractivity contribution in [2.75, 3.05) is 13.2 Å². The molecule has 3 rings (SSSR count). The Bertz CT molecular complexity index is 838. The number of unbranched alkanes of at least 4 members (excludes halogenated alkanes) is 4. The van der Waals surface area contributed by atoms with Crippen LogP contribution in [0.15, 0.2) is 49.1 Å². The first-order valence-corrected chi connectivity index (χ1v) is 10.9. The van der Waals surface area contributed by atoms with Crippen molar-refractivity contribution < 1.29 is 14.3 Å². The van der Waals surface area contributed by atoms with Crippen LogP contribution in [0, 0.1) is 0 Å². The number of aryl methyl sites for hydroxylation is 1. The number of hydrogen-bond donors (Lipinski definition) is 0. The van der Waals surface area contributed by atoms with Gasteiger partial charge in [-0.3, -0.25) is 0 Å². The third kappa shape index (κ3) is 5.96. The summed E-state index contributed by atoms with van der Waals surface area (Å²) < 4.78 is 10.9. The minimum absolute atomic E-state index is 0.353. The highest BCUT2D eigenvalue weighted by Crippen LogP contribution is 2.39. The number of fused-ring (bicyclic) bond motifs is 3. The number of ether oxygens (including phenoxy) is 2. The quantitative estimate of drug-likeness (QED) is 0.207. The van der Waals surface area contributed by atoms with Crippen molar-refractivity contribution in [3.05, 3.63) is 65.7 Å². The van der Waals surface area contributed by atoms with E-state index in [1.807, 2.05) is 0 Å². The largest absolute Gasteiger partial charge is 0.494 e. The van der Waals surface area contributed by atoms with Gasteiger partial charge in [0.05, 0.1) is 13.2 Å². The summed E-state index contributed by atoms with van der Waals surface area (Å²) in [5.41, 5.74) is 6.98.